The Morgan fingerprint density at radius 2 is 1.13 bits per heavy atom. The van der Waals surface area contributed by atoms with Gasteiger partial charge in [-0.05, 0) is 83.0 Å². The van der Waals surface area contributed by atoms with Crippen LogP contribution in [0.4, 0.5) is 0 Å². The Labute approximate surface area is 357 Å². The highest BCUT2D eigenvalue weighted by Crippen LogP contribution is 2.33. The van der Waals surface area contributed by atoms with Gasteiger partial charge in [0.25, 0.3) is 0 Å². The number of nitrogens with one attached hydrogen (secondary N) is 1. The van der Waals surface area contributed by atoms with E-state index in [-0.39, 0.29) is 31.2 Å². The summed E-state index contributed by atoms with van der Waals surface area (Å²) < 4.78 is 32.3. The molecule has 15 atom stereocenters. The van der Waals surface area contributed by atoms with Crippen LogP contribution in [0.5, 0.6) is 0 Å². The van der Waals surface area contributed by atoms with E-state index >= 15 is 0 Å². The molecule has 3 rings (SSSR count). The molecule has 1 amide bonds. The lowest BCUT2D eigenvalue weighted by atomic mass is 9.87. The highest BCUT2D eigenvalue weighted by atomic mass is 17.9. The molecule has 3 aliphatic heterocycles. The third-order valence-corrected chi connectivity index (χ3v) is 7.90. The van der Waals surface area contributed by atoms with E-state index in [1.807, 2.05) is 6.92 Å². The Morgan fingerprint density at radius 1 is 0.689 bits per heavy atom. The van der Waals surface area contributed by atoms with Gasteiger partial charge in [0.2, 0.25) is 5.91 Å². The summed E-state index contributed by atoms with van der Waals surface area (Å²) in [5.74, 6) is 4.98. The molecule has 0 aromatic heterocycles. The number of terminal acetylenes is 2. The van der Waals surface area contributed by atoms with Crippen molar-refractivity contribution < 1.29 is 124 Å². The maximum absolute atomic E-state index is 11.8. The molecular formula is C36H67NO24. The molecular weight excluding hydrogens is 830 g/mol. The average molecular weight is 898 g/mol. The molecule has 25 nitrogen and oxygen atoms in total. The first-order chi connectivity index (χ1) is 27.6. The predicted octanol–water partition coefficient (Wildman–Crippen LogP) is -0.790. The quantitative estimate of drug-likeness (QED) is 0.0440. The van der Waals surface area contributed by atoms with Crippen molar-refractivity contribution >= 4 is 17.8 Å². The molecule has 360 valence electrons. The number of hydrogen-bond donors (Lipinski definition) is 11. The van der Waals surface area contributed by atoms with E-state index in [1.165, 1.54) is 6.92 Å². The molecule has 0 bridgehead atoms. The molecule has 3 heterocycles. The van der Waals surface area contributed by atoms with Crippen LogP contribution in [0.15, 0.2) is 0 Å². The molecule has 0 aromatic carbocycles. The van der Waals surface area contributed by atoms with Gasteiger partial charge in [-0.25, -0.2) is 20.1 Å². The van der Waals surface area contributed by atoms with Crippen LogP contribution < -0.4 is 5.32 Å². The van der Waals surface area contributed by atoms with E-state index < -0.39 is 110 Å². The second-order valence-electron chi connectivity index (χ2n) is 12.9. The zero-order valence-corrected chi connectivity index (χ0v) is 32.9. The molecule has 0 radical (unpaired) electrons. The van der Waals surface area contributed by atoms with E-state index in [9.17, 15) is 50.1 Å². The van der Waals surface area contributed by atoms with Crippen LogP contribution in [0.25, 0.3) is 0 Å². The number of aliphatic hydroxyl groups excluding tert-OH is 6. The highest BCUT2D eigenvalue weighted by Gasteiger charge is 2.53. The van der Waals surface area contributed by atoms with Gasteiger partial charge < -0.3 is 74.6 Å². The van der Waals surface area contributed by atoms with Crippen molar-refractivity contribution in [3.63, 3.8) is 0 Å². The molecule has 61 heavy (non-hydrogen) atoms. The Balaban J connectivity index is -0.000000208. The van der Waals surface area contributed by atoms with Crippen molar-refractivity contribution in [3.8, 4) is 36.5 Å². The standard InChI is InChI=1S/C19H33NO10.C9H16O7.C6H2.2CH4.H2O7.3H2/c1-6-10-8(4)12(22)11(20-9(5)21)18(28-10)29-15-13(23)14(24)19(27-7(2)3)30-16(15)17(25)26;1-3(2)15-9-6(12)4(10)5(11)7(16-9)8(13)14;1-3-5-6-4-2;;;1-3-5-7-6-4-2;;;/h7-8,10-16,18-19,22-24H,6H2,1-5H3,(H,20,21)(H,25,26);3-7,9-12H,1-2H3,(H,13,14);1-2H;2*1H4;1-2H;3*1H. The maximum atomic E-state index is 11.8. The lowest BCUT2D eigenvalue weighted by Gasteiger charge is -2.47. The fourth-order valence-electron chi connectivity index (χ4n) is 5.33. The minimum absolute atomic E-state index is 0. The maximum Gasteiger partial charge on any atom is 0.335 e. The van der Waals surface area contributed by atoms with Gasteiger partial charge in [0.1, 0.15) is 42.7 Å². The monoisotopic (exact) mass is 897 g/mol. The predicted molar refractivity (Wildman–Crippen MR) is 208 cm³/mol. The number of carboxylic acids is 2. The fraction of sp³-hybridized carbons (Fsp3) is 0.750. The third kappa shape index (κ3) is 20.8. The largest absolute Gasteiger partial charge is 0.479 e. The van der Waals surface area contributed by atoms with Crippen molar-refractivity contribution in [3.05, 3.63) is 0 Å². The van der Waals surface area contributed by atoms with E-state index in [2.05, 4.69) is 54.2 Å². The number of amides is 1. The highest BCUT2D eigenvalue weighted by molar-refractivity contribution is 5.74. The van der Waals surface area contributed by atoms with Crippen molar-refractivity contribution in [2.24, 2.45) is 5.92 Å². The fourth-order valence-corrected chi connectivity index (χ4v) is 5.33. The van der Waals surface area contributed by atoms with Crippen molar-refractivity contribution in [2.45, 2.75) is 168 Å². The summed E-state index contributed by atoms with van der Waals surface area (Å²) in [7, 11) is 0. The first-order valence-corrected chi connectivity index (χ1v) is 17.4. The van der Waals surface area contributed by atoms with Crippen molar-refractivity contribution in [1.29, 1.82) is 0 Å². The van der Waals surface area contributed by atoms with Crippen LogP contribution in [0.2, 0.25) is 0 Å². The number of carbonyl (C=O) groups is 3. The molecule has 0 aliphatic carbocycles. The van der Waals surface area contributed by atoms with E-state index in [0.29, 0.717) is 6.42 Å². The number of rotatable bonds is 14. The first-order valence-electron chi connectivity index (χ1n) is 17.4. The summed E-state index contributed by atoms with van der Waals surface area (Å²) in [6.45, 7) is 11.5. The molecule has 3 fully saturated rings. The van der Waals surface area contributed by atoms with Crippen LogP contribution >= 0.6 is 0 Å². The summed E-state index contributed by atoms with van der Waals surface area (Å²) in [5.41, 5.74) is 0. The minimum atomic E-state index is -1.68. The normalized spacial score (nSPS) is 32.6. The molecule has 15 unspecified atom stereocenters. The van der Waals surface area contributed by atoms with Crippen LogP contribution in [-0.2, 0) is 68.0 Å². The summed E-state index contributed by atoms with van der Waals surface area (Å²) in [4.78, 5) is 34.1. The molecule has 3 aliphatic rings. The third-order valence-electron chi connectivity index (χ3n) is 7.90. The topological polar surface area (TPSA) is 367 Å². The molecule has 0 aromatic rings. The molecule has 25 heteroatoms. The zero-order valence-electron chi connectivity index (χ0n) is 32.9. The SMILES string of the molecule is C.C.C#CC#CC#C.CC(C)OC1OC(C(=O)O)C(O)C(O)C1O.CCC1OC(OC2C(C(=O)O)OC(OC(C)C)C(O)C2O)C(NC(C)=O)C(O)C1C.OOOOOOO.[HH].[HH].[HH]. The number of aliphatic hydroxyl groups is 6. The van der Waals surface area contributed by atoms with Crippen molar-refractivity contribution in [1.82, 2.24) is 5.32 Å². The summed E-state index contributed by atoms with van der Waals surface area (Å²) in [6, 6.07) is -1.01. The Kier molecular flexibility index (Phi) is 32.4. The second-order valence-corrected chi connectivity index (χ2v) is 12.9. The Bertz CT molecular complexity index is 1390. The number of ether oxygens (including phenoxy) is 6. The van der Waals surface area contributed by atoms with Crippen LogP contribution in [0.3, 0.4) is 0 Å². The molecule has 0 spiro atoms. The van der Waals surface area contributed by atoms with Gasteiger partial charge in [0.15, 0.2) is 31.1 Å². The van der Waals surface area contributed by atoms with Gasteiger partial charge in [0, 0.05) is 17.1 Å². The van der Waals surface area contributed by atoms with Gasteiger partial charge in [-0.1, -0.05) is 28.7 Å². The lowest BCUT2D eigenvalue weighted by Crippen LogP contribution is -2.66. The van der Waals surface area contributed by atoms with Crippen LogP contribution in [-0.4, -0.2) is 167 Å². The van der Waals surface area contributed by atoms with Crippen LogP contribution in [0, 0.1) is 42.4 Å². The summed E-state index contributed by atoms with van der Waals surface area (Å²) >= 11 is 0. The Hall–Kier alpha value is -3.67. The van der Waals surface area contributed by atoms with E-state index in [1.54, 1.807) is 34.6 Å². The van der Waals surface area contributed by atoms with Crippen molar-refractivity contribution in [2.75, 3.05) is 0 Å². The molecule has 0 saturated carbocycles. The van der Waals surface area contributed by atoms with Crippen LogP contribution in [0.1, 0.15) is 74.0 Å². The smallest absolute Gasteiger partial charge is 0.335 e. The van der Waals surface area contributed by atoms with E-state index in [0.717, 1.165) is 0 Å². The number of carbonyl (C=O) groups excluding carboxylic acids is 1. The summed E-state index contributed by atoms with van der Waals surface area (Å²) in [5, 5.41) is 110. The van der Waals surface area contributed by atoms with E-state index in [4.69, 9.17) is 56.9 Å². The Morgan fingerprint density at radius 3 is 1.51 bits per heavy atom. The number of aliphatic carboxylic acids is 2. The summed E-state index contributed by atoms with van der Waals surface area (Å²) in [6.07, 6.45) is -9.01. The van der Waals surface area contributed by atoms with Gasteiger partial charge in [0.05, 0.1) is 24.4 Å². The van der Waals surface area contributed by atoms with Gasteiger partial charge in [-0.15, -0.1) is 12.8 Å². The molecule has 3 saturated heterocycles. The molecule has 11 N–H and O–H groups in total. The number of hydrogen-bond acceptors (Lipinski definition) is 22. The number of carboxylic acid groups (broad SMARTS) is 2. The van der Waals surface area contributed by atoms with Gasteiger partial charge >= 0.3 is 11.9 Å². The van der Waals surface area contributed by atoms with Gasteiger partial charge in [-0.2, -0.15) is 0 Å². The zero-order chi connectivity index (χ0) is 45.6. The first kappa shape index (κ1) is 61.6. The average Bonchev–Trinajstić information content (AvgIpc) is 3.16. The van der Waals surface area contributed by atoms with Gasteiger partial charge in [-0.3, -0.25) is 4.79 Å². The second kappa shape index (κ2) is 32.1. The minimum Gasteiger partial charge on any atom is -0.479 e. The lowest BCUT2D eigenvalue weighted by molar-refractivity contribution is -0.784.